The minimum Gasteiger partial charge on any atom is -0.444 e. The first-order chi connectivity index (χ1) is 17.2. The number of aromatic nitrogens is 5. The molecule has 1 aliphatic heterocycles. The zero-order chi connectivity index (χ0) is 25.4. The predicted octanol–water partition coefficient (Wildman–Crippen LogP) is 4.03. The minimum absolute atomic E-state index is 0.166. The van der Waals surface area contributed by atoms with Gasteiger partial charge >= 0.3 is 6.09 Å². The van der Waals surface area contributed by atoms with Crippen molar-refractivity contribution in [2.24, 2.45) is 0 Å². The summed E-state index contributed by atoms with van der Waals surface area (Å²) in [4.78, 5) is 40.7. The van der Waals surface area contributed by atoms with Crippen molar-refractivity contribution >= 4 is 28.8 Å². The Morgan fingerprint density at radius 2 is 1.97 bits per heavy atom. The molecule has 0 saturated carbocycles. The second-order valence-corrected chi connectivity index (χ2v) is 9.71. The summed E-state index contributed by atoms with van der Waals surface area (Å²) in [7, 11) is 0. The summed E-state index contributed by atoms with van der Waals surface area (Å²) >= 11 is 0. The lowest BCUT2D eigenvalue weighted by atomic mass is 9.99. The predicted molar refractivity (Wildman–Crippen MR) is 137 cm³/mol. The third kappa shape index (κ3) is 4.53. The number of carbonyl (C=O) groups is 1. The number of rotatable bonds is 4. The molecule has 1 aliphatic rings. The van der Waals surface area contributed by atoms with Crippen molar-refractivity contribution in [3.05, 3.63) is 70.3 Å². The number of benzene rings is 1. The number of fused-ring (bicyclic) bond motifs is 2. The lowest BCUT2D eigenvalue weighted by Gasteiger charge is -2.31. The lowest BCUT2D eigenvalue weighted by molar-refractivity contribution is 0.0224. The summed E-state index contributed by atoms with van der Waals surface area (Å²) in [6, 6.07) is 11.6. The first kappa shape index (κ1) is 23.5. The van der Waals surface area contributed by atoms with Gasteiger partial charge in [0.05, 0.1) is 0 Å². The lowest BCUT2D eigenvalue weighted by Crippen LogP contribution is -2.39. The van der Waals surface area contributed by atoms with E-state index >= 15 is 0 Å². The van der Waals surface area contributed by atoms with Crippen LogP contribution in [0.5, 0.6) is 0 Å². The van der Waals surface area contributed by atoms with E-state index in [4.69, 9.17) is 4.74 Å². The standard InChI is InChI=1S/C26H29N7O3/c1-5-32-23(34)20-15-28-24(30-22(20)33(32)21-8-6-7-12-27-21)29-19-10-9-17-11-13-31(16-18(17)14-19)25(35)36-26(2,3)4/h6-10,12,14-15H,5,11,13,16H2,1-4H3,(H,28,29,30). The van der Waals surface area contributed by atoms with Crippen molar-refractivity contribution in [3.63, 3.8) is 0 Å². The summed E-state index contributed by atoms with van der Waals surface area (Å²) in [5.41, 5.74) is 2.80. The van der Waals surface area contributed by atoms with Crippen LogP contribution >= 0.6 is 0 Å². The van der Waals surface area contributed by atoms with Crippen LogP contribution in [0, 0.1) is 0 Å². The molecule has 1 N–H and O–H groups in total. The number of nitrogens with one attached hydrogen (secondary N) is 1. The highest BCUT2D eigenvalue weighted by Gasteiger charge is 2.26. The van der Waals surface area contributed by atoms with Gasteiger partial charge < -0.3 is 15.0 Å². The number of nitrogens with zero attached hydrogens (tertiary/aromatic N) is 6. The summed E-state index contributed by atoms with van der Waals surface area (Å²) in [5, 5.41) is 3.67. The molecule has 10 nitrogen and oxygen atoms in total. The van der Waals surface area contributed by atoms with E-state index in [1.165, 1.54) is 5.56 Å². The molecule has 3 aromatic heterocycles. The average Bonchev–Trinajstić information content (AvgIpc) is 3.14. The van der Waals surface area contributed by atoms with E-state index in [0.717, 1.165) is 17.7 Å². The summed E-state index contributed by atoms with van der Waals surface area (Å²) in [5.74, 6) is 0.965. The number of amides is 1. The topological polar surface area (TPSA) is 107 Å². The van der Waals surface area contributed by atoms with Gasteiger partial charge in [0.1, 0.15) is 11.0 Å². The molecule has 0 unspecified atom stereocenters. The van der Waals surface area contributed by atoms with E-state index in [1.807, 2.05) is 58.0 Å². The van der Waals surface area contributed by atoms with Gasteiger partial charge in [-0.2, -0.15) is 4.98 Å². The summed E-state index contributed by atoms with van der Waals surface area (Å²) in [6.07, 6.45) is 3.67. The molecule has 1 aromatic carbocycles. The highest BCUT2D eigenvalue weighted by molar-refractivity contribution is 5.77. The van der Waals surface area contributed by atoms with Crippen LogP contribution in [0.25, 0.3) is 16.9 Å². The van der Waals surface area contributed by atoms with E-state index in [2.05, 4.69) is 26.3 Å². The second kappa shape index (κ2) is 9.10. The molecular weight excluding hydrogens is 458 g/mol. The summed E-state index contributed by atoms with van der Waals surface area (Å²) in [6.45, 7) is 9.05. The molecule has 10 heteroatoms. The Morgan fingerprint density at radius 1 is 1.14 bits per heavy atom. The monoisotopic (exact) mass is 487 g/mol. The molecule has 0 atom stereocenters. The van der Waals surface area contributed by atoms with Crippen molar-refractivity contribution < 1.29 is 9.53 Å². The van der Waals surface area contributed by atoms with Crippen LogP contribution in [0.4, 0.5) is 16.4 Å². The van der Waals surface area contributed by atoms with E-state index in [-0.39, 0.29) is 11.7 Å². The Kier molecular flexibility index (Phi) is 5.95. The Hall–Kier alpha value is -4.21. The molecule has 0 radical (unpaired) electrons. The highest BCUT2D eigenvalue weighted by Crippen LogP contribution is 2.26. The number of hydrogen-bond donors (Lipinski definition) is 1. The zero-order valence-corrected chi connectivity index (χ0v) is 20.9. The van der Waals surface area contributed by atoms with Crippen LogP contribution in [-0.2, 0) is 24.2 Å². The smallest absolute Gasteiger partial charge is 0.410 e. The molecule has 4 heterocycles. The van der Waals surface area contributed by atoms with Gasteiger partial charge in [0, 0.05) is 37.7 Å². The molecule has 186 valence electrons. The number of carbonyl (C=O) groups excluding carboxylic acids is 1. The van der Waals surface area contributed by atoms with Crippen LogP contribution < -0.4 is 10.9 Å². The maximum Gasteiger partial charge on any atom is 0.410 e. The van der Waals surface area contributed by atoms with E-state index in [9.17, 15) is 9.59 Å². The van der Waals surface area contributed by atoms with Gasteiger partial charge in [-0.25, -0.2) is 24.1 Å². The maximum atomic E-state index is 12.9. The van der Waals surface area contributed by atoms with Gasteiger partial charge in [-0.15, -0.1) is 0 Å². The molecule has 4 aromatic rings. The fourth-order valence-corrected chi connectivity index (χ4v) is 4.33. The van der Waals surface area contributed by atoms with Gasteiger partial charge in [-0.05, 0) is 69.5 Å². The number of anilines is 2. The minimum atomic E-state index is -0.538. The fraction of sp³-hybridized carbons (Fsp3) is 0.346. The van der Waals surface area contributed by atoms with E-state index in [1.54, 1.807) is 26.7 Å². The first-order valence-electron chi connectivity index (χ1n) is 12.0. The fourth-order valence-electron chi connectivity index (χ4n) is 4.33. The Labute approximate surface area is 208 Å². The molecule has 0 aliphatic carbocycles. The van der Waals surface area contributed by atoms with Crippen molar-refractivity contribution in [1.82, 2.24) is 29.2 Å². The molecule has 36 heavy (non-hydrogen) atoms. The maximum absolute atomic E-state index is 12.9. The van der Waals surface area contributed by atoms with Crippen molar-refractivity contribution in [1.29, 1.82) is 0 Å². The number of hydrogen-bond acceptors (Lipinski definition) is 7. The molecular formula is C26H29N7O3. The average molecular weight is 488 g/mol. The van der Waals surface area contributed by atoms with Crippen molar-refractivity contribution in [2.75, 3.05) is 11.9 Å². The number of ether oxygens (including phenoxy) is 1. The Balaban J connectivity index is 1.44. The number of pyridine rings is 1. The van der Waals surface area contributed by atoms with E-state index < -0.39 is 5.60 Å². The quantitative estimate of drug-likeness (QED) is 0.463. The largest absolute Gasteiger partial charge is 0.444 e. The third-order valence-electron chi connectivity index (χ3n) is 5.97. The van der Waals surface area contributed by atoms with Gasteiger partial charge in [-0.1, -0.05) is 12.1 Å². The zero-order valence-electron chi connectivity index (χ0n) is 20.9. The van der Waals surface area contributed by atoms with Crippen LogP contribution in [0.3, 0.4) is 0 Å². The van der Waals surface area contributed by atoms with Gasteiger partial charge in [0.2, 0.25) is 5.95 Å². The molecule has 0 fully saturated rings. The molecule has 0 spiro atoms. The highest BCUT2D eigenvalue weighted by atomic mass is 16.6. The van der Waals surface area contributed by atoms with Gasteiger partial charge in [-0.3, -0.25) is 4.79 Å². The second-order valence-electron chi connectivity index (χ2n) is 9.71. The van der Waals surface area contributed by atoms with Crippen LogP contribution in [0.2, 0.25) is 0 Å². The van der Waals surface area contributed by atoms with Crippen LogP contribution in [0.15, 0.2) is 53.6 Å². The van der Waals surface area contributed by atoms with Gasteiger partial charge in [0.25, 0.3) is 5.56 Å². The third-order valence-corrected chi connectivity index (χ3v) is 5.97. The molecule has 0 bridgehead atoms. The Bertz CT molecular complexity index is 1490. The van der Waals surface area contributed by atoms with Crippen LogP contribution in [0.1, 0.15) is 38.8 Å². The molecule has 0 saturated heterocycles. The van der Waals surface area contributed by atoms with Crippen LogP contribution in [-0.4, -0.2) is 47.5 Å². The SMILES string of the molecule is CCn1c(=O)c2cnc(Nc3ccc4c(c3)CN(C(=O)OC(C)(C)C)CC4)nc2n1-c1ccccn1. The van der Waals surface area contributed by atoms with Gasteiger partial charge in [0.15, 0.2) is 11.5 Å². The van der Waals surface area contributed by atoms with Crippen molar-refractivity contribution in [3.8, 4) is 5.82 Å². The Morgan fingerprint density at radius 3 is 2.69 bits per heavy atom. The molecule has 5 rings (SSSR count). The molecule has 1 amide bonds. The van der Waals surface area contributed by atoms with Crippen molar-refractivity contribution in [2.45, 2.75) is 52.8 Å². The summed E-state index contributed by atoms with van der Waals surface area (Å²) < 4.78 is 8.86. The normalized spacial score (nSPS) is 13.5. The first-order valence-corrected chi connectivity index (χ1v) is 12.0. The van der Waals surface area contributed by atoms with E-state index in [0.29, 0.717) is 42.4 Å².